The van der Waals surface area contributed by atoms with Gasteiger partial charge in [-0.3, -0.25) is 4.79 Å². The predicted molar refractivity (Wildman–Crippen MR) is 118 cm³/mol. The van der Waals surface area contributed by atoms with Crippen LogP contribution in [0.5, 0.6) is 0 Å². The molecule has 0 radical (unpaired) electrons. The van der Waals surface area contributed by atoms with E-state index in [4.69, 9.17) is 10.7 Å². The van der Waals surface area contributed by atoms with Crippen molar-refractivity contribution in [1.82, 2.24) is 9.29 Å². The van der Waals surface area contributed by atoms with Gasteiger partial charge in [0.2, 0.25) is 15.9 Å². The second-order valence-electron chi connectivity index (χ2n) is 7.34. The monoisotopic (exact) mass is 442 g/mol. The van der Waals surface area contributed by atoms with Crippen molar-refractivity contribution in [3.8, 4) is 10.6 Å². The molecule has 9 heteroatoms. The van der Waals surface area contributed by atoms with Crippen LogP contribution in [0.1, 0.15) is 21.6 Å². The van der Waals surface area contributed by atoms with Crippen molar-refractivity contribution in [2.24, 2.45) is 5.73 Å². The molecular weight excluding hydrogens is 420 g/mol. The maximum absolute atomic E-state index is 12.5. The van der Waals surface area contributed by atoms with Crippen LogP contribution >= 0.6 is 11.3 Å². The Morgan fingerprint density at radius 2 is 1.93 bits per heavy atom. The summed E-state index contributed by atoms with van der Waals surface area (Å²) in [6, 6.07) is 12.4. The average molecular weight is 443 g/mol. The number of carbonyl (C=O) groups is 1. The van der Waals surface area contributed by atoms with Gasteiger partial charge in [-0.25, -0.2) is 17.7 Å². The number of sulfonamides is 1. The molecule has 1 aromatic heterocycles. The van der Waals surface area contributed by atoms with Gasteiger partial charge in [-0.1, -0.05) is 18.2 Å². The van der Waals surface area contributed by atoms with E-state index in [1.807, 2.05) is 23.6 Å². The molecule has 156 valence electrons. The lowest BCUT2D eigenvalue weighted by Gasteiger charge is -2.19. The summed E-state index contributed by atoms with van der Waals surface area (Å²) in [6.07, 6.45) is 0.878. The number of fused-ring (bicyclic) bond motifs is 1. The zero-order valence-corrected chi connectivity index (χ0v) is 18.3. The molecule has 7 nitrogen and oxygen atoms in total. The second-order valence-corrected chi connectivity index (χ2v) is 10.3. The number of nitrogens with two attached hydrogens (primary N) is 1. The van der Waals surface area contributed by atoms with E-state index in [1.54, 1.807) is 24.3 Å². The van der Waals surface area contributed by atoms with Gasteiger partial charge in [0, 0.05) is 42.8 Å². The van der Waals surface area contributed by atoms with Gasteiger partial charge in [0.15, 0.2) is 0 Å². The molecule has 1 aliphatic heterocycles. The van der Waals surface area contributed by atoms with Gasteiger partial charge in [-0.15, -0.1) is 11.3 Å². The highest BCUT2D eigenvalue weighted by Crippen LogP contribution is 2.33. The normalized spacial score (nSPS) is 13.6. The summed E-state index contributed by atoms with van der Waals surface area (Å²) in [6.45, 7) is 1.43. The van der Waals surface area contributed by atoms with Crippen LogP contribution < -0.4 is 10.6 Å². The molecule has 0 atom stereocenters. The highest BCUT2D eigenvalue weighted by atomic mass is 32.2. The zero-order valence-electron chi connectivity index (χ0n) is 16.7. The van der Waals surface area contributed by atoms with Crippen molar-refractivity contribution >= 4 is 33.0 Å². The van der Waals surface area contributed by atoms with E-state index in [0.29, 0.717) is 17.0 Å². The zero-order chi connectivity index (χ0) is 21.5. The van der Waals surface area contributed by atoms with Gasteiger partial charge in [-0.2, -0.15) is 0 Å². The first-order valence-electron chi connectivity index (χ1n) is 9.41. The van der Waals surface area contributed by atoms with E-state index in [-0.39, 0.29) is 0 Å². The summed E-state index contributed by atoms with van der Waals surface area (Å²) in [5, 5.41) is 2.87. The Morgan fingerprint density at radius 1 is 1.20 bits per heavy atom. The molecule has 0 saturated carbocycles. The quantitative estimate of drug-likeness (QED) is 0.633. The summed E-state index contributed by atoms with van der Waals surface area (Å²) >= 11 is 1.54. The third-order valence-electron chi connectivity index (χ3n) is 5.15. The number of hydrogen-bond acceptors (Lipinski definition) is 6. The number of primary amides is 1. The fraction of sp³-hybridized carbons (Fsp3) is 0.238. The van der Waals surface area contributed by atoms with E-state index < -0.39 is 15.9 Å². The number of amides is 1. The van der Waals surface area contributed by atoms with E-state index in [1.165, 1.54) is 29.7 Å². The van der Waals surface area contributed by atoms with Crippen molar-refractivity contribution in [2.45, 2.75) is 17.9 Å². The second kappa shape index (κ2) is 7.82. The third-order valence-corrected chi connectivity index (χ3v) is 7.90. The Bertz CT molecular complexity index is 1200. The molecule has 2 heterocycles. The lowest BCUT2D eigenvalue weighted by Crippen LogP contribution is -2.23. The van der Waals surface area contributed by atoms with Crippen molar-refractivity contribution in [1.29, 1.82) is 0 Å². The van der Waals surface area contributed by atoms with Gasteiger partial charge < -0.3 is 10.6 Å². The van der Waals surface area contributed by atoms with Crippen LogP contribution in [0.25, 0.3) is 10.6 Å². The first-order valence-corrected chi connectivity index (χ1v) is 11.7. The number of rotatable bonds is 6. The lowest BCUT2D eigenvalue weighted by molar-refractivity contribution is 0.100. The minimum atomic E-state index is -3.48. The van der Waals surface area contributed by atoms with Gasteiger partial charge in [0.25, 0.3) is 0 Å². The van der Waals surface area contributed by atoms with Crippen LogP contribution in [-0.2, 0) is 23.0 Å². The minimum Gasteiger partial charge on any atom is -0.366 e. The fourth-order valence-corrected chi connectivity index (χ4v) is 5.18. The molecule has 0 aliphatic carbocycles. The molecule has 4 rings (SSSR count). The Labute approximate surface area is 179 Å². The molecule has 0 fully saturated rings. The molecule has 30 heavy (non-hydrogen) atoms. The SMILES string of the molecule is CN(C)S(=O)(=O)c1ccc2c(c1)N(Cc1csc(-c3ccc(C(N)=O)cc3)n1)CC2. The third kappa shape index (κ3) is 3.83. The summed E-state index contributed by atoms with van der Waals surface area (Å²) in [4.78, 5) is 18.4. The number of hydrogen-bond donors (Lipinski definition) is 1. The maximum Gasteiger partial charge on any atom is 0.248 e. The number of nitrogens with zero attached hydrogens (tertiary/aromatic N) is 3. The van der Waals surface area contributed by atoms with Gasteiger partial charge in [-0.05, 0) is 36.2 Å². The number of anilines is 1. The largest absolute Gasteiger partial charge is 0.366 e. The van der Waals surface area contributed by atoms with Crippen LogP contribution in [0, 0.1) is 0 Å². The predicted octanol–water partition coefficient (Wildman–Crippen LogP) is 2.72. The Balaban J connectivity index is 1.55. The highest BCUT2D eigenvalue weighted by molar-refractivity contribution is 7.89. The van der Waals surface area contributed by atoms with E-state index >= 15 is 0 Å². The molecular formula is C21H22N4O3S2. The average Bonchev–Trinajstić information content (AvgIpc) is 3.35. The smallest absolute Gasteiger partial charge is 0.248 e. The van der Waals surface area contributed by atoms with Crippen LogP contribution in [0.15, 0.2) is 52.7 Å². The van der Waals surface area contributed by atoms with E-state index in [9.17, 15) is 13.2 Å². The molecule has 2 aromatic carbocycles. The summed E-state index contributed by atoms with van der Waals surface area (Å²) in [5.74, 6) is -0.454. The van der Waals surface area contributed by atoms with Crippen LogP contribution in [0.4, 0.5) is 5.69 Å². The van der Waals surface area contributed by atoms with Crippen molar-refractivity contribution in [3.63, 3.8) is 0 Å². The maximum atomic E-state index is 12.5. The number of carbonyl (C=O) groups excluding carboxylic acids is 1. The van der Waals surface area contributed by atoms with Gasteiger partial charge in [0.05, 0.1) is 17.1 Å². The van der Waals surface area contributed by atoms with Crippen LogP contribution in [-0.4, -0.2) is 44.3 Å². The van der Waals surface area contributed by atoms with Crippen molar-refractivity contribution in [3.05, 3.63) is 64.7 Å². The highest BCUT2D eigenvalue weighted by Gasteiger charge is 2.24. The molecule has 0 saturated heterocycles. The van der Waals surface area contributed by atoms with E-state index in [0.717, 1.165) is 40.5 Å². The lowest BCUT2D eigenvalue weighted by atomic mass is 10.1. The Hall–Kier alpha value is -2.75. The van der Waals surface area contributed by atoms with Crippen molar-refractivity contribution in [2.75, 3.05) is 25.5 Å². The Morgan fingerprint density at radius 3 is 2.60 bits per heavy atom. The standard InChI is InChI=1S/C21H22N4O3S2/c1-24(2)30(27,28)18-8-7-14-9-10-25(19(14)11-18)12-17-13-29-21(23-17)16-5-3-15(4-6-16)20(22)26/h3-8,11,13H,9-10,12H2,1-2H3,(H2,22,26). The number of aromatic nitrogens is 1. The first-order chi connectivity index (χ1) is 14.3. The fourth-order valence-electron chi connectivity index (χ4n) is 3.45. The van der Waals surface area contributed by atoms with E-state index in [2.05, 4.69) is 4.90 Å². The molecule has 0 bridgehead atoms. The molecule has 3 aromatic rings. The first kappa shape index (κ1) is 20.5. The van der Waals surface area contributed by atoms with Gasteiger partial charge in [0.1, 0.15) is 5.01 Å². The van der Waals surface area contributed by atoms with Crippen LogP contribution in [0.2, 0.25) is 0 Å². The molecule has 2 N–H and O–H groups in total. The number of benzene rings is 2. The van der Waals surface area contributed by atoms with Gasteiger partial charge >= 0.3 is 0 Å². The summed E-state index contributed by atoms with van der Waals surface area (Å²) in [7, 11) is -0.407. The topological polar surface area (TPSA) is 96.6 Å². The molecule has 0 unspecified atom stereocenters. The summed E-state index contributed by atoms with van der Waals surface area (Å²) in [5.41, 5.74) is 9.69. The number of thiazole rings is 1. The summed E-state index contributed by atoms with van der Waals surface area (Å²) < 4.78 is 26.2. The van der Waals surface area contributed by atoms with Crippen molar-refractivity contribution < 1.29 is 13.2 Å². The molecule has 0 spiro atoms. The molecule has 1 amide bonds. The van der Waals surface area contributed by atoms with Crippen LogP contribution in [0.3, 0.4) is 0 Å². The minimum absolute atomic E-state index is 0.298. The molecule has 1 aliphatic rings. The Kier molecular flexibility index (Phi) is 5.35.